The molecule has 1 N–H and O–H groups in total. The number of fused-ring (bicyclic) bond motifs is 1. The van der Waals surface area contributed by atoms with E-state index in [0.717, 1.165) is 34.4 Å². The van der Waals surface area contributed by atoms with Gasteiger partial charge in [0.1, 0.15) is 0 Å². The Kier molecular flexibility index (Phi) is 6.39. The molecule has 3 aromatic carbocycles. The first kappa shape index (κ1) is 22.5. The maximum absolute atomic E-state index is 12.8. The molecule has 0 saturated heterocycles. The van der Waals surface area contributed by atoms with E-state index in [0.29, 0.717) is 36.8 Å². The maximum atomic E-state index is 12.8. The Morgan fingerprint density at radius 3 is 2.63 bits per heavy atom. The van der Waals surface area contributed by atoms with Gasteiger partial charge in [-0.15, -0.1) is 0 Å². The number of hydrogen-bond donors (Lipinski definition) is 1. The Labute approximate surface area is 203 Å². The fourth-order valence-corrected chi connectivity index (χ4v) is 4.20. The highest BCUT2D eigenvalue weighted by atomic mass is 16.5. The molecule has 0 spiro atoms. The summed E-state index contributed by atoms with van der Waals surface area (Å²) in [7, 11) is 0. The van der Waals surface area contributed by atoms with Gasteiger partial charge in [-0.2, -0.15) is 4.98 Å². The molecular formula is C28H26N4O3. The van der Waals surface area contributed by atoms with Crippen molar-refractivity contribution in [2.45, 2.75) is 32.7 Å². The van der Waals surface area contributed by atoms with Crippen molar-refractivity contribution in [3.8, 4) is 11.4 Å². The first-order chi connectivity index (χ1) is 17.1. The van der Waals surface area contributed by atoms with Crippen LogP contribution < -0.4 is 10.2 Å². The summed E-state index contributed by atoms with van der Waals surface area (Å²) in [4.78, 5) is 31.4. The molecule has 35 heavy (non-hydrogen) atoms. The lowest BCUT2D eigenvalue weighted by atomic mass is 10.1. The molecule has 0 fully saturated rings. The average Bonchev–Trinajstić information content (AvgIpc) is 3.54. The van der Waals surface area contributed by atoms with Crippen LogP contribution in [0.2, 0.25) is 0 Å². The molecule has 176 valence electrons. The number of anilines is 1. The van der Waals surface area contributed by atoms with Crippen molar-refractivity contribution in [3.63, 3.8) is 0 Å². The topological polar surface area (TPSA) is 88.3 Å². The molecule has 7 nitrogen and oxygen atoms in total. The maximum Gasteiger partial charge on any atom is 0.258 e. The van der Waals surface area contributed by atoms with Gasteiger partial charge in [-0.05, 0) is 42.7 Å². The molecule has 5 rings (SSSR count). The lowest BCUT2D eigenvalue weighted by Crippen LogP contribution is -2.28. The third-order valence-electron chi connectivity index (χ3n) is 6.14. The third-order valence-corrected chi connectivity index (χ3v) is 6.14. The second-order valence-electron chi connectivity index (χ2n) is 8.69. The Morgan fingerprint density at radius 2 is 1.83 bits per heavy atom. The van der Waals surface area contributed by atoms with Crippen molar-refractivity contribution in [2.75, 3.05) is 11.4 Å². The normalized spacial score (nSPS) is 12.4. The fourth-order valence-electron chi connectivity index (χ4n) is 4.20. The van der Waals surface area contributed by atoms with Gasteiger partial charge in [-0.1, -0.05) is 65.3 Å². The predicted octanol–water partition coefficient (Wildman–Crippen LogP) is 4.50. The summed E-state index contributed by atoms with van der Waals surface area (Å²) in [6.45, 7) is 3.11. The first-order valence-electron chi connectivity index (χ1n) is 11.7. The van der Waals surface area contributed by atoms with E-state index in [1.807, 2.05) is 78.6 Å². The van der Waals surface area contributed by atoms with Crippen LogP contribution in [0.25, 0.3) is 11.4 Å². The second kappa shape index (κ2) is 9.93. The lowest BCUT2D eigenvalue weighted by Gasteiger charge is -2.17. The predicted molar refractivity (Wildman–Crippen MR) is 133 cm³/mol. The minimum Gasteiger partial charge on any atom is -0.352 e. The van der Waals surface area contributed by atoms with Crippen molar-refractivity contribution in [1.29, 1.82) is 0 Å². The molecule has 0 bridgehead atoms. The van der Waals surface area contributed by atoms with Gasteiger partial charge in [0.2, 0.25) is 17.6 Å². The zero-order valence-electron chi connectivity index (χ0n) is 19.5. The van der Waals surface area contributed by atoms with Crippen molar-refractivity contribution in [1.82, 2.24) is 15.5 Å². The monoisotopic (exact) mass is 466 g/mol. The molecule has 1 aliphatic heterocycles. The van der Waals surface area contributed by atoms with Crippen LogP contribution in [0.5, 0.6) is 0 Å². The number of benzene rings is 3. The summed E-state index contributed by atoms with van der Waals surface area (Å²) in [5.74, 6) is 0.896. The molecule has 2 heterocycles. The summed E-state index contributed by atoms with van der Waals surface area (Å²) in [5, 5.41) is 6.97. The number of aromatic nitrogens is 2. The minimum absolute atomic E-state index is 0.0111. The highest BCUT2D eigenvalue weighted by Crippen LogP contribution is 2.30. The molecule has 0 aliphatic carbocycles. The zero-order chi connectivity index (χ0) is 24.2. The van der Waals surface area contributed by atoms with Crippen molar-refractivity contribution >= 4 is 17.5 Å². The van der Waals surface area contributed by atoms with Crippen molar-refractivity contribution < 1.29 is 14.1 Å². The van der Waals surface area contributed by atoms with Crippen molar-refractivity contribution in [2.24, 2.45) is 0 Å². The Bertz CT molecular complexity index is 1350. The number of rotatable bonds is 7. The number of nitrogens with zero attached hydrogens (tertiary/aromatic N) is 3. The minimum atomic E-state index is -0.0820. The molecule has 1 aromatic heterocycles. The molecule has 0 radical (unpaired) electrons. The van der Waals surface area contributed by atoms with E-state index >= 15 is 0 Å². The smallest absolute Gasteiger partial charge is 0.258 e. The van der Waals surface area contributed by atoms with Crippen LogP contribution in [0.15, 0.2) is 77.3 Å². The van der Waals surface area contributed by atoms with E-state index < -0.39 is 0 Å². The summed E-state index contributed by atoms with van der Waals surface area (Å²) in [6.07, 6.45) is 1.45. The highest BCUT2D eigenvalue weighted by molar-refractivity contribution is 6.07. The van der Waals surface area contributed by atoms with Crippen LogP contribution in [-0.2, 0) is 24.2 Å². The van der Waals surface area contributed by atoms with Crippen molar-refractivity contribution in [3.05, 3.63) is 101 Å². The standard InChI is InChI=1S/C28H26N4O3/c1-19-7-10-21(11-8-19)27-30-26(35-31-27)14-13-25(33)29-18-20-9-12-24-23(17-20)15-16-32(24)28(34)22-5-3-2-4-6-22/h2-12,17H,13-16,18H2,1H3,(H,29,33). The molecule has 2 amide bonds. The van der Waals surface area contributed by atoms with E-state index in [1.165, 1.54) is 0 Å². The number of nitrogens with one attached hydrogen (secondary N) is 1. The number of carbonyl (C=O) groups excluding carboxylic acids is 2. The number of carbonyl (C=O) groups is 2. The fraction of sp³-hybridized carbons (Fsp3) is 0.214. The molecule has 1 aliphatic rings. The van der Waals surface area contributed by atoms with Crippen LogP contribution in [0.1, 0.15) is 39.4 Å². The van der Waals surface area contributed by atoms with Crippen LogP contribution in [0, 0.1) is 6.92 Å². The van der Waals surface area contributed by atoms with E-state index in [9.17, 15) is 9.59 Å². The average molecular weight is 467 g/mol. The Morgan fingerprint density at radius 1 is 1.03 bits per heavy atom. The van der Waals surface area contributed by atoms with E-state index in [1.54, 1.807) is 0 Å². The van der Waals surface area contributed by atoms with Gasteiger partial charge >= 0.3 is 0 Å². The lowest BCUT2D eigenvalue weighted by molar-refractivity contribution is -0.121. The largest absolute Gasteiger partial charge is 0.352 e. The molecular weight excluding hydrogens is 440 g/mol. The van der Waals surface area contributed by atoms with Gasteiger partial charge in [-0.25, -0.2) is 0 Å². The molecule has 7 heteroatoms. The summed E-state index contributed by atoms with van der Waals surface area (Å²) >= 11 is 0. The number of hydrogen-bond acceptors (Lipinski definition) is 5. The van der Waals surface area contributed by atoms with Crippen LogP contribution in [0.3, 0.4) is 0 Å². The van der Waals surface area contributed by atoms with E-state index in [4.69, 9.17) is 4.52 Å². The molecule has 0 atom stereocenters. The van der Waals surface area contributed by atoms with Crippen LogP contribution in [-0.4, -0.2) is 28.5 Å². The second-order valence-corrected chi connectivity index (χ2v) is 8.69. The Balaban J connectivity index is 1.13. The summed E-state index contributed by atoms with van der Waals surface area (Å²) < 4.78 is 5.30. The van der Waals surface area contributed by atoms with Crippen LogP contribution >= 0.6 is 0 Å². The van der Waals surface area contributed by atoms with Gasteiger partial charge < -0.3 is 14.7 Å². The third kappa shape index (κ3) is 5.14. The van der Waals surface area contributed by atoms with E-state index in [-0.39, 0.29) is 18.2 Å². The van der Waals surface area contributed by atoms with E-state index in [2.05, 4.69) is 21.5 Å². The SMILES string of the molecule is Cc1ccc(-c2noc(CCC(=O)NCc3ccc4c(c3)CCN4C(=O)c3ccccc3)n2)cc1. The molecule has 0 unspecified atom stereocenters. The zero-order valence-corrected chi connectivity index (χ0v) is 19.5. The van der Waals surface area contributed by atoms with Gasteiger partial charge in [0.25, 0.3) is 5.91 Å². The molecule has 0 saturated carbocycles. The summed E-state index contributed by atoms with van der Waals surface area (Å²) in [5.41, 5.74) is 5.80. The highest BCUT2D eigenvalue weighted by Gasteiger charge is 2.25. The summed E-state index contributed by atoms with van der Waals surface area (Å²) in [6, 6.07) is 23.2. The van der Waals surface area contributed by atoms with Gasteiger partial charge in [0.15, 0.2) is 0 Å². The Hall–Kier alpha value is -4.26. The van der Waals surface area contributed by atoms with Gasteiger partial charge in [0, 0.05) is 42.7 Å². The molecule has 4 aromatic rings. The first-order valence-corrected chi connectivity index (χ1v) is 11.7. The quantitative estimate of drug-likeness (QED) is 0.433. The van der Waals surface area contributed by atoms with Gasteiger partial charge in [0.05, 0.1) is 0 Å². The number of aryl methyl sites for hydroxylation is 2. The van der Waals surface area contributed by atoms with Gasteiger partial charge in [-0.3, -0.25) is 9.59 Å². The number of amides is 2. The van der Waals surface area contributed by atoms with Crippen LogP contribution in [0.4, 0.5) is 5.69 Å².